The Morgan fingerprint density at radius 3 is 0.776 bits per heavy atom. The second-order valence-corrected chi connectivity index (χ2v) is 22.0. The highest BCUT2D eigenvalue weighted by molar-refractivity contribution is 5.71. The minimum Gasteiger partial charge on any atom is -0.462 e. The molecule has 0 aliphatic heterocycles. The van der Waals surface area contributed by atoms with E-state index in [1.54, 1.807) is 0 Å². The predicted molar refractivity (Wildman–Crippen MR) is 330 cm³/mol. The second kappa shape index (κ2) is 64.4. The Morgan fingerprint density at radius 2 is 0.474 bits per heavy atom. The molecular formula is C70H124O6. The monoisotopic (exact) mass is 1060 g/mol. The molecule has 0 rings (SSSR count). The molecule has 0 aromatic heterocycles. The van der Waals surface area contributed by atoms with Crippen molar-refractivity contribution in [2.45, 2.75) is 341 Å². The molecule has 0 amide bonds. The minimum absolute atomic E-state index is 0.0815. The van der Waals surface area contributed by atoms with Gasteiger partial charge in [0.05, 0.1) is 0 Å². The summed E-state index contributed by atoms with van der Waals surface area (Å²) in [6.07, 6.45) is 83.5. The summed E-state index contributed by atoms with van der Waals surface area (Å²) in [5.41, 5.74) is 0. The van der Waals surface area contributed by atoms with E-state index >= 15 is 0 Å². The highest BCUT2D eigenvalue weighted by Crippen LogP contribution is 2.17. The van der Waals surface area contributed by atoms with Crippen LogP contribution in [0.4, 0.5) is 0 Å². The van der Waals surface area contributed by atoms with Gasteiger partial charge in [0.2, 0.25) is 0 Å². The summed E-state index contributed by atoms with van der Waals surface area (Å²) in [7, 11) is 0. The maximum atomic E-state index is 12.9. The maximum Gasteiger partial charge on any atom is 0.306 e. The second-order valence-electron chi connectivity index (χ2n) is 22.0. The predicted octanol–water partition coefficient (Wildman–Crippen LogP) is 22.5. The van der Waals surface area contributed by atoms with Crippen LogP contribution in [0, 0.1) is 0 Å². The Labute approximate surface area is 472 Å². The summed E-state index contributed by atoms with van der Waals surface area (Å²) in [6.45, 7) is 6.59. The van der Waals surface area contributed by atoms with Gasteiger partial charge in [0, 0.05) is 19.3 Å². The van der Waals surface area contributed by atoms with E-state index in [9.17, 15) is 14.4 Å². The molecule has 0 aliphatic carbocycles. The van der Waals surface area contributed by atoms with E-state index in [1.807, 2.05) is 0 Å². The van der Waals surface area contributed by atoms with Gasteiger partial charge in [0.25, 0.3) is 0 Å². The fourth-order valence-corrected chi connectivity index (χ4v) is 9.42. The quantitative estimate of drug-likeness (QED) is 0.0261. The third-order valence-electron chi connectivity index (χ3n) is 14.4. The van der Waals surface area contributed by atoms with Crippen molar-refractivity contribution in [3.63, 3.8) is 0 Å². The number of hydrogen-bond donors (Lipinski definition) is 0. The van der Waals surface area contributed by atoms with Gasteiger partial charge in [-0.1, -0.05) is 273 Å². The van der Waals surface area contributed by atoms with Gasteiger partial charge in [-0.05, 0) is 116 Å². The lowest BCUT2D eigenvalue weighted by Crippen LogP contribution is -2.30. The topological polar surface area (TPSA) is 78.9 Å². The molecule has 0 heterocycles. The molecule has 1 atom stereocenters. The number of allylic oxidation sites excluding steroid dienone is 12. The number of carbonyl (C=O) groups excluding carboxylic acids is 3. The van der Waals surface area contributed by atoms with Crippen molar-refractivity contribution in [3.05, 3.63) is 72.9 Å². The van der Waals surface area contributed by atoms with Gasteiger partial charge in [-0.15, -0.1) is 0 Å². The number of unbranched alkanes of at least 4 members (excludes halogenated alkanes) is 37. The molecule has 0 saturated heterocycles. The van der Waals surface area contributed by atoms with Crippen molar-refractivity contribution in [1.82, 2.24) is 0 Å². The van der Waals surface area contributed by atoms with E-state index in [1.165, 1.54) is 193 Å². The van der Waals surface area contributed by atoms with Crippen LogP contribution in [-0.4, -0.2) is 37.2 Å². The Hall–Kier alpha value is -3.15. The highest BCUT2D eigenvalue weighted by atomic mass is 16.6. The van der Waals surface area contributed by atoms with E-state index in [2.05, 4.69) is 93.7 Å². The molecule has 0 saturated carbocycles. The molecule has 0 spiro atoms. The first-order valence-electron chi connectivity index (χ1n) is 32.9. The van der Waals surface area contributed by atoms with Gasteiger partial charge in [-0.3, -0.25) is 14.4 Å². The van der Waals surface area contributed by atoms with Crippen molar-refractivity contribution >= 4 is 17.9 Å². The summed E-state index contributed by atoms with van der Waals surface area (Å²) in [6, 6.07) is 0. The lowest BCUT2D eigenvalue weighted by atomic mass is 10.0. The standard InChI is InChI=1S/C70H124O6/c1-4-7-10-13-16-19-22-25-27-28-29-30-31-32-33-34-35-36-37-38-39-40-41-42-44-45-48-51-54-57-60-63-69(72)75-66-67(65-74-68(71)62-59-56-53-50-47-24-21-18-15-12-9-6-3)76-70(73)64-61-58-55-52-49-46-43-26-23-20-17-14-11-8-5-2/h17-18,20-22,25-26,28-29,31-32,43,67H,4-16,19,23-24,27,30,33-42,44-66H2,1-3H3/b20-17-,21-18-,25-22-,29-28-,32-31-,43-26-. The molecule has 0 aromatic carbocycles. The summed E-state index contributed by atoms with van der Waals surface area (Å²) in [4.78, 5) is 38.2. The lowest BCUT2D eigenvalue weighted by molar-refractivity contribution is -0.167. The molecule has 1 unspecified atom stereocenters. The van der Waals surface area contributed by atoms with Gasteiger partial charge in [0.1, 0.15) is 13.2 Å². The van der Waals surface area contributed by atoms with Crippen molar-refractivity contribution in [2.24, 2.45) is 0 Å². The molecule has 440 valence electrons. The zero-order valence-electron chi connectivity index (χ0n) is 50.5. The van der Waals surface area contributed by atoms with Crippen LogP contribution in [0.5, 0.6) is 0 Å². The summed E-state index contributed by atoms with van der Waals surface area (Å²) in [5.74, 6) is -0.892. The van der Waals surface area contributed by atoms with Crippen LogP contribution in [0.2, 0.25) is 0 Å². The first-order valence-corrected chi connectivity index (χ1v) is 32.9. The molecule has 6 nitrogen and oxygen atoms in total. The van der Waals surface area contributed by atoms with Crippen molar-refractivity contribution in [3.8, 4) is 0 Å². The van der Waals surface area contributed by atoms with Crippen LogP contribution < -0.4 is 0 Å². The molecule has 0 aliphatic rings. The fourth-order valence-electron chi connectivity index (χ4n) is 9.42. The molecular weight excluding hydrogens is 937 g/mol. The zero-order valence-corrected chi connectivity index (χ0v) is 50.5. The molecule has 0 bridgehead atoms. The fraction of sp³-hybridized carbons (Fsp3) is 0.786. The maximum absolute atomic E-state index is 12.9. The van der Waals surface area contributed by atoms with Crippen LogP contribution in [0.25, 0.3) is 0 Å². The van der Waals surface area contributed by atoms with E-state index < -0.39 is 6.10 Å². The Morgan fingerprint density at radius 1 is 0.263 bits per heavy atom. The van der Waals surface area contributed by atoms with Crippen LogP contribution in [0.15, 0.2) is 72.9 Å². The number of ether oxygens (including phenoxy) is 3. The normalized spacial score (nSPS) is 12.5. The molecule has 0 N–H and O–H groups in total. The number of esters is 3. The van der Waals surface area contributed by atoms with Crippen molar-refractivity contribution in [1.29, 1.82) is 0 Å². The lowest BCUT2D eigenvalue weighted by Gasteiger charge is -2.18. The van der Waals surface area contributed by atoms with Gasteiger partial charge in [0.15, 0.2) is 6.10 Å². The Kier molecular flexibility index (Phi) is 61.7. The first-order chi connectivity index (χ1) is 37.5. The van der Waals surface area contributed by atoms with E-state index in [-0.39, 0.29) is 31.1 Å². The third kappa shape index (κ3) is 61.7. The SMILES string of the molecule is CCCCC/C=C\C/C=C\CCCCCCCC(=O)OC(COC(=O)CCCCCCC/C=C\CCCCC)COC(=O)CCCCCCCCCCCCCCCCCC/C=C\C/C=C\C/C=C\CCCCCCC. The molecule has 0 aromatic rings. The average Bonchev–Trinajstić information content (AvgIpc) is 3.42. The molecule has 0 radical (unpaired) electrons. The van der Waals surface area contributed by atoms with Gasteiger partial charge in [-0.2, -0.15) is 0 Å². The zero-order chi connectivity index (χ0) is 55.0. The molecule has 76 heavy (non-hydrogen) atoms. The largest absolute Gasteiger partial charge is 0.462 e. The van der Waals surface area contributed by atoms with Gasteiger partial charge < -0.3 is 14.2 Å². The van der Waals surface area contributed by atoms with Crippen LogP contribution in [0.1, 0.15) is 335 Å². The van der Waals surface area contributed by atoms with Crippen molar-refractivity contribution in [2.75, 3.05) is 13.2 Å². The highest BCUT2D eigenvalue weighted by Gasteiger charge is 2.19. The Bertz CT molecular complexity index is 1400. The number of carbonyl (C=O) groups is 3. The summed E-state index contributed by atoms with van der Waals surface area (Å²) >= 11 is 0. The molecule has 6 heteroatoms. The van der Waals surface area contributed by atoms with E-state index in [0.717, 1.165) is 103 Å². The summed E-state index contributed by atoms with van der Waals surface area (Å²) < 4.78 is 16.9. The van der Waals surface area contributed by atoms with Crippen molar-refractivity contribution < 1.29 is 28.6 Å². The van der Waals surface area contributed by atoms with Crippen LogP contribution in [-0.2, 0) is 28.6 Å². The minimum atomic E-state index is -0.785. The number of hydrogen-bond acceptors (Lipinski definition) is 6. The number of rotatable bonds is 60. The Balaban J connectivity index is 4.16. The van der Waals surface area contributed by atoms with Crippen LogP contribution >= 0.6 is 0 Å². The molecule has 0 fully saturated rings. The van der Waals surface area contributed by atoms with E-state index in [0.29, 0.717) is 19.3 Å². The van der Waals surface area contributed by atoms with Crippen LogP contribution in [0.3, 0.4) is 0 Å². The van der Waals surface area contributed by atoms with Gasteiger partial charge >= 0.3 is 17.9 Å². The average molecular weight is 1060 g/mol. The third-order valence-corrected chi connectivity index (χ3v) is 14.4. The smallest absolute Gasteiger partial charge is 0.306 e. The first kappa shape index (κ1) is 72.8. The van der Waals surface area contributed by atoms with Gasteiger partial charge in [-0.25, -0.2) is 0 Å². The summed E-state index contributed by atoms with van der Waals surface area (Å²) in [5, 5.41) is 0. The van der Waals surface area contributed by atoms with E-state index in [4.69, 9.17) is 14.2 Å².